The largest absolute Gasteiger partial charge is 0.382 e. The molecule has 0 amide bonds. The molecule has 0 unspecified atom stereocenters. The Labute approximate surface area is 46.7 Å². The summed E-state index contributed by atoms with van der Waals surface area (Å²) in [6, 6.07) is 0. The highest BCUT2D eigenvalue weighted by atomic mass is 32.2. The molecule has 0 aromatic heterocycles. The number of rotatable bonds is 1. The highest BCUT2D eigenvalue weighted by Crippen LogP contribution is 1.80. The normalized spacial score (nSPS) is 10.8. The van der Waals surface area contributed by atoms with Gasteiger partial charge in [0.2, 0.25) is 0 Å². The standard InChI is InChI=1S/C2H5NO4S/c1-2(4)7-8(3,5)6/h1H3,(H2,3,5,6). The van der Waals surface area contributed by atoms with E-state index in [1.165, 1.54) is 0 Å². The Bertz CT molecular complexity index is 180. The van der Waals surface area contributed by atoms with Crippen molar-refractivity contribution >= 4 is 16.3 Å². The van der Waals surface area contributed by atoms with Crippen molar-refractivity contribution in [2.45, 2.75) is 6.92 Å². The smallest absolute Gasteiger partial charge is 0.335 e. The molecule has 0 heterocycles. The Hall–Kier alpha value is -0.620. The third-order valence-electron chi connectivity index (χ3n) is 0.234. The molecule has 0 aliphatic carbocycles. The Morgan fingerprint density at radius 2 is 2.00 bits per heavy atom. The van der Waals surface area contributed by atoms with Gasteiger partial charge in [0.15, 0.2) is 0 Å². The van der Waals surface area contributed by atoms with Crippen LogP contribution in [-0.4, -0.2) is 14.4 Å². The van der Waals surface area contributed by atoms with E-state index in [4.69, 9.17) is 0 Å². The molecule has 5 nitrogen and oxygen atoms in total. The molecule has 0 aromatic rings. The molecular weight excluding hydrogens is 134 g/mol. The molecule has 48 valence electrons. The van der Waals surface area contributed by atoms with Crippen molar-refractivity contribution in [1.82, 2.24) is 0 Å². The molecule has 0 spiro atoms. The van der Waals surface area contributed by atoms with Crippen molar-refractivity contribution in [3.05, 3.63) is 0 Å². The van der Waals surface area contributed by atoms with Gasteiger partial charge in [0.25, 0.3) is 0 Å². The second-order valence-electron chi connectivity index (χ2n) is 1.07. The zero-order valence-electron chi connectivity index (χ0n) is 4.12. The predicted octanol–water partition coefficient (Wildman–Crippen LogP) is -1.25. The monoisotopic (exact) mass is 139 g/mol. The molecule has 0 radical (unpaired) electrons. The number of carbonyl (C=O) groups is 1. The Morgan fingerprint density at radius 1 is 1.62 bits per heavy atom. The van der Waals surface area contributed by atoms with Crippen molar-refractivity contribution in [3.63, 3.8) is 0 Å². The fraction of sp³-hybridized carbons (Fsp3) is 0.500. The van der Waals surface area contributed by atoms with Gasteiger partial charge in [-0.1, -0.05) is 0 Å². The summed E-state index contributed by atoms with van der Waals surface area (Å²) < 4.78 is 23.1. The Morgan fingerprint density at radius 3 is 2.00 bits per heavy atom. The molecular formula is C2H5NO4S. The van der Waals surface area contributed by atoms with Gasteiger partial charge >= 0.3 is 16.3 Å². The lowest BCUT2D eigenvalue weighted by molar-refractivity contribution is -0.131. The summed E-state index contributed by atoms with van der Waals surface area (Å²) in [5, 5.41) is 4.27. The van der Waals surface area contributed by atoms with Crippen molar-refractivity contribution in [3.8, 4) is 0 Å². The van der Waals surface area contributed by atoms with Crippen LogP contribution in [0, 0.1) is 0 Å². The van der Waals surface area contributed by atoms with E-state index < -0.39 is 16.3 Å². The first-order valence-electron chi connectivity index (χ1n) is 1.64. The third-order valence-corrected chi connectivity index (χ3v) is 0.701. The van der Waals surface area contributed by atoms with Gasteiger partial charge in [-0.15, -0.1) is 0 Å². The average Bonchev–Trinajstić information content (AvgIpc) is 1.21. The molecule has 8 heavy (non-hydrogen) atoms. The first-order chi connectivity index (χ1) is 3.42. The molecule has 0 atom stereocenters. The van der Waals surface area contributed by atoms with Crippen LogP contribution in [0.5, 0.6) is 0 Å². The van der Waals surface area contributed by atoms with Crippen LogP contribution < -0.4 is 5.14 Å². The minimum absolute atomic E-state index is 0.937. The molecule has 2 N–H and O–H groups in total. The second kappa shape index (κ2) is 2.10. The maximum absolute atomic E-state index is 9.78. The number of hydrogen-bond acceptors (Lipinski definition) is 4. The second-order valence-corrected chi connectivity index (χ2v) is 2.22. The topological polar surface area (TPSA) is 86.5 Å². The molecule has 0 saturated heterocycles. The van der Waals surface area contributed by atoms with Gasteiger partial charge in [-0.25, -0.2) is 0 Å². The highest BCUT2D eigenvalue weighted by Gasteiger charge is 2.03. The van der Waals surface area contributed by atoms with E-state index in [1.54, 1.807) is 0 Å². The van der Waals surface area contributed by atoms with E-state index in [-0.39, 0.29) is 0 Å². The van der Waals surface area contributed by atoms with E-state index in [1.807, 2.05) is 0 Å². The van der Waals surface area contributed by atoms with Crippen LogP contribution in [0.1, 0.15) is 6.92 Å². The van der Waals surface area contributed by atoms with E-state index in [2.05, 4.69) is 9.32 Å². The minimum atomic E-state index is -4.07. The minimum Gasteiger partial charge on any atom is -0.335 e. The molecule has 0 aliphatic rings. The maximum atomic E-state index is 9.78. The van der Waals surface area contributed by atoms with E-state index in [0.29, 0.717) is 0 Å². The number of hydrogen-bond donors (Lipinski definition) is 1. The molecule has 0 aromatic carbocycles. The van der Waals surface area contributed by atoms with Gasteiger partial charge in [-0.2, -0.15) is 13.6 Å². The van der Waals surface area contributed by atoms with Crippen LogP contribution >= 0.6 is 0 Å². The van der Waals surface area contributed by atoms with Crippen molar-refractivity contribution in [2.75, 3.05) is 0 Å². The number of carbonyl (C=O) groups excluding carboxylic acids is 1. The van der Waals surface area contributed by atoms with Gasteiger partial charge < -0.3 is 4.18 Å². The van der Waals surface area contributed by atoms with Crippen LogP contribution in [0.2, 0.25) is 0 Å². The Balaban J connectivity index is 3.95. The molecule has 0 fully saturated rings. The van der Waals surface area contributed by atoms with Gasteiger partial charge in [0, 0.05) is 6.92 Å². The zero-order valence-corrected chi connectivity index (χ0v) is 4.94. The lowest BCUT2D eigenvalue weighted by Crippen LogP contribution is -2.18. The van der Waals surface area contributed by atoms with Crippen LogP contribution in [0.25, 0.3) is 0 Å². The summed E-state index contributed by atoms with van der Waals surface area (Å²) >= 11 is 0. The van der Waals surface area contributed by atoms with E-state index in [0.717, 1.165) is 6.92 Å². The lowest BCUT2D eigenvalue weighted by Gasteiger charge is -1.91. The van der Waals surface area contributed by atoms with Gasteiger partial charge in [-0.05, 0) is 0 Å². The molecule has 0 rings (SSSR count). The number of nitrogens with two attached hydrogens (primary N) is 1. The SMILES string of the molecule is CC(=O)OS(N)(=O)=O. The van der Waals surface area contributed by atoms with Crippen molar-refractivity contribution in [2.24, 2.45) is 5.14 Å². The summed E-state index contributed by atoms with van der Waals surface area (Å²) in [5.41, 5.74) is 0. The maximum Gasteiger partial charge on any atom is 0.382 e. The first kappa shape index (κ1) is 7.38. The first-order valence-corrected chi connectivity index (χ1v) is 3.12. The van der Waals surface area contributed by atoms with Gasteiger partial charge in [0.1, 0.15) is 0 Å². The summed E-state index contributed by atoms with van der Waals surface area (Å²) in [4.78, 5) is 9.78. The fourth-order valence-electron chi connectivity index (χ4n) is 0.164. The predicted molar refractivity (Wildman–Crippen MR) is 24.9 cm³/mol. The Kier molecular flexibility index (Phi) is 1.94. The van der Waals surface area contributed by atoms with Crippen LogP contribution in [0.3, 0.4) is 0 Å². The highest BCUT2D eigenvalue weighted by molar-refractivity contribution is 7.84. The van der Waals surface area contributed by atoms with Crippen molar-refractivity contribution in [1.29, 1.82) is 0 Å². The zero-order chi connectivity index (χ0) is 6.78. The summed E-state index contributed by atoms with van der Waals surface area (Å²) in [5.74, 6) is -0.937. The third kappa shape index (κ3) is 5.38. The summed E-state index contributed by atoms with van der Waals surface area (Å²) in [6.07, 6.45) is 0. The molecule has 0 aliphatic heterocycles. The average molecular weight is 139 g/mol. The van der Waals surface area contributed by atoms with Crippen LogP contribution in [0.4, 0.5) is 0 Å². The quantitative estimate of drug-likeness (QED) is 0.492. The molecule has 6 heteroatoms. The van der Waals surface area contributed by atoms with E-state index in [9.17, 15) is 13.2 Å². The van der Waals surface area contributed by atoms with Gasteiger partial charge in [0.05, 0.1) is 0 Å². The fourth-order valence-corrected chi connectivity index (χ4v) is 0.491. The summed E-state index contributed by atoms with van der Waals surface area (Å²) in [6.45, 7) is 0.949. The van der Waals surface area contributed by atoms with Crippen molar-refractivity contribution < 1.29 is 17.4 Å². The lowest BCUT2D eigenvalue weighted by atomic mass is 10.9. The van der Waals surface area contributed by atoms with E-state index >= 15 is 0 Å². The van der Waals surface area contributed by atoms with Crippen LogP contribution in [-0.2, 0) is 19.3 Å². The molecule has 0 bridgehead atoms. The van der Waals surface area contributed by atoms with Gasteiger partial charge in [-0.3, -0.25) is 4.79 Å². The summed E-state index contributed by atoms with van der Waals surface area (Å²) in [7, 11) is -4.07. The van der Waals surface area contributed by atoms with Crippen LogP contribution in [0.15, 0.2) is 0 Å². The molecule has 0 saturated carbocycles.